The van der Waals surface area contributed by atoms with E-state index in [2.05, 4.69) is 82.4 Å². The van der Waals surface area contributed by atoms with Crippen LogP contribution in [0.4, 0.5) is 5.69 Å². The van der Waals surface area contributed by atoms with Crippen LogP contribution < -0.4 is 21.1 Å². The van der Waals surface area contributed by atoms with E-state index < -0.39 is 0 Å². The summed E-state index contributed by atoms with van der Waals surface area (Å²) in [7, 11) is 0. The standard InChI is InChI=1S/C31H37N5O2/c1-19(2)36-18-21(4)29-26(30(37)33-17-27-20(3)14-22(5)34-31(27)38)15-24(16-28(29)36)23-6-8-25(9-7-23)35-12-10-32-11-13-35/h6-9,14-16,18-19,32H,10-13,17H2,1-5H3,(H,33,37)(H,34,38). The predicted molar refractivity (Wildman–Crippen MR) is 155 cm³/mol. The van der Waals surface area contributed by atoms with E-state index in [1.54, 1.807) is 0 Å². The number of H-pyrrole nitrogens is 1. The minimum Gasteiger partial charge on any atom is -0.369 e. The first kappa shape index (κ1) is 25.8. The Morgan fingerprint density at radius 3 is 2.34 bits per heavy atom. The van der Waals surface area contributed by atoms with Crippen molar-refractivity contribution in [3.05, 3.63) is 87.0 Å². The van der Waals surface area contributed by atoms with Gasteiger partial charge in [-0.2, -0.15) is 0 Å². The van der Waals surface area contributed by atoms with Gasteiger partial charge in [0.2, 0.25) is 0 Å². The summed E-state index contributed by atoms with van der Waals surface area (Å²) in [6, 6.07) is 15.0. The third-order valence-electron chi connectivity index (χ3n) is 7.53. The molecule has 1 aliphatic heterocycles. The number of pyridine rings is 1. The molecule has 2 aromatic carbocycles. The number of nitrogens with zero attached hydrogens (tertiary/aromatic N) is 2. The van der Waals surface area contributed by atoms with Gasteiger partial charge in [-0.15, -0.1) is 0 Å². The van der Waals surface area contributed by atoms with Crippen LogP contribution in [-0.4, -0.2) is 41.6 Å². The van der Waals surface area contributed by atoms with Crippen molar-refractivity contribution in [2.45, 2.75) is 47.2 Å². The highest BCUT2D eigenvalue weighted by atomic mass is 16.1. The number of benzene rings is 2. The highest BCUT2D eigenvalue weighted by Gasteiger charge is 2.20. The Morgan fingerprint density at radius 2 is 1.68 bits per heavy atom. The highest BCUT2D eigenvalue weighted by molar-refractivity contribution is 6.09. The van der Waals surface area contributed by atoms with E-state index in [4.69, 9.17) is 0 Å². The van der Waals surface area contributed by atoms with Crippen LogP contribution in [0.5, 0.6) is 0 Å². The first-order valence-corrected chi connectivity index (χ1v) is 13.4. The molecule has 3 N–H and O–H groups in total. The van der Waals surface area contributed by atoms with Crippen molar-refractivity contribution in [1.29, 1.82) is 0 Å². The summed E-state index contributed by atoms with van der Waals surface area (Å²) in [5.41, 5.74) is 8.11. The molecule has 0 spiro atoms. The lowest BCUT2D eigenvalue weighted by Gasteiger charge is -2.29. The van der Waals surface area contributed by atoms with E-state index in [-0.39, 0.29) is 24.1 Å². The van der Waals surface area contributed by atoms with Gasteiger partial charge in [-0.25, -0.2) is 0 Å². The summed E-state index contributed by atoms with van der Waals surface area (Å²) in [4.78, 5) is 31.4. The quantitative estimate of drug-likeness (QED) is 0.346. The summed E-state index contributed by atoms with van der Waals surface area (Å²) >= 11 is 0. The fourth-order valence-electron chi connectivity index (χ4n) is 5.51. The molecule has 0 radical (unpaired) electrons. The maximum atomic E-state index is 13.7. The summed E-state index contributed by atoms with van der Waals surface area (Å²) in [5, 5.41) is 7.38. The Bertz CT molecular complexity index is 1540. The molecular formula is C31H37N5O2. The van der Waals surface area contributed by atoms with E-state index >= 15 is 0 Å². The van der Waals surface area contributed by atoms with Crippen molar-refractivity contribution in [2.24, 2.45) is 0 Å². The van der Waals surface area contributed by atoms with Gasteiger partial charge in [0, 0.05) is 78.4 Å². The van der Waals surface area contributed by atoms with Crippen molar-refractivity contribution < 1.29 is 4.79 Å². The zero-order chi connectivity index (χ0) is 27.0. The van der Waals surface area contributed by atoms with Gasteiger partial charge < -0.3 is 25.1 Å². The van der Waals surface area contributed by atoms with Gasteiger partial charge in [0.25, 0.3) is 11.5 Å². The summed E-state index contributed by atoms with van der Waals surface area (Å²) < 4.78 is 2.23. The van der Waals surface area contributed by atoms with Crippen molar-refractivity contribution >= 4 is 22.5 Å². The molecule has 7 nitrogen and oxygen atoms in total. The Kier molecular flexibility index (Phi) is 7.13. The third-order valence-corrected chi connectivity index (χ3v) is 7.53. The van der Waals surface area contributed by atoms with Gasteiger partial charge in [0.05, 0.1) is 0 Å². The third kappa shape index (κ3) is 4.98. The number of rotatable bonds is 6. The van der Waals surface area contributed by atoms with Crippen molar-refractivity contribution in [2.75, 3.05) is 31.1 Å². The van der Waals surface area contributed by atoms with E-state index in [9.17, 15) is 9.59 Å². The molecule has 198 valence electrons. The zero-order valence-corrected chi connectivity index (χ0v) is 22.9. The zero-order valence-electron chi connectivity index (χ0n) is 22.9. The fourth-order valence-corrected chi connectivity index (χ4v) is 5.51. The molecule has 0 unspecified atom stereocenters. The first-order valence-electron chi connectivity index (χ1n) is 13.4. The van der Waals surface area contributed by atoms with Crippen LogP contribution in [0.25, 0.3) is 22.0 Å². The molecule has 7 heteroatoms. The molecule has 0 bridgehead atoms. The number of fused-ring (bicyclic) bond motifs is 1. The number of aromatic nitrogens is 2. The number of amides is 1. The van der Waals surface area contributed by atoms with E-state index in [1.165, 1.54) is 5.69 Å². The number of aromatic amines is 1. The molecule has 0 aliphatic carbocycles. The maximum Gasteiger partial charge on any atom is 0.253 e. The lowest BCUT2D eigenvalue weighted by atomic mass is 9.97. The van der Waals surface area contributed by atoms with E-state index in [0.717, 1.165) is 65.0 Å². The molecule has 1 amide bonds. The van der Waals surface area contributed by atoms with E-state index in [1.807, 2.05) is 26.0 Å². The summed E-state index contributed by atoms with van der Waals surface area (Å²) in [5.74, 6) is -0.182. The Balaban J connectivity index is 1.53. The fraction of sp³-hybridized carbons (Fsp3) is 0.355. The second-order valence-corrected chi connectivity index (χ2v) is 10.6. The van der Waals surface area contributed by atoms with Crippen LogP contribution >= 0.6 is 0 Å². The van der Waals surface area contributed by atoms with Crippen LogP contribution in [0, 0.1) is 20.8 Å². The van der Waals surface area contributed by atoms with Crippen LogP contribution in [0.2, 0.25) is 0 Å². The second-order valence-electron chi connectivity index (χ2n) is 10.6. The average molecular weight is 512 g/mol. The number of aryl methyl sites for hydroxylation is 3. The molecule has 5 rings (SSSR count). The predicted octanol–water partition coefficient (Wildman–Crippen LogP) is 4.84. The van der Waals surface area contributed by atoms with Crippen LogP contribution in [0.3, 0.4) is 0 Å². The van der Waals surface area contributed by atoms with Crippen LogP contribution in [0.1, 0.15) is 52.6 Å². The molecule has 0 saturated carbocycles. The van der Waals surface area contributed by atoms with Gasteiger partial charge >= 0.3 is 0 Å². The Hall–Kier alpha value is -3.84. The number of hydrogen-bond donors (Lipinski definition) is 3. The summed E-state index contributed by atoms with van der Waals surface area (Å²) in [6.07, 6.45) is 2.12. The molecule has 1 saturated heterocycles. The lowest BCUT2D eigenvalue weighted by molar-refractivity contribution is 0.0952. The van der Waals surface area contributed by atoms with Crippen LogP contribution in [-0.2, 0) is 6.54 Å². The Labute approximate surface area is 223 Å². The molecule has 0 atom stereocenters. The Morgan fingerprint density at radius 1 is 0.974 bits per heavy atom. The minimum absolute atomic E-state index is 0.159. The van der Waals surface area contributed by atoms with Crippen molar-refractivity contribution in [3.63, 3.8) is 0 Å². The number of carbonyl (C=O) groups is 1. The highest BCUT2D eigenvalue weighted by Crippen LogP contribution is 2.33. The number of carbonyl (C=O) groups excluding carboxylic acids is 1. The number of piperazine rings is 1. The molecular weight excluding hydrogens is 474 g/mol. The number of nitrogens with one attached hydrogen (secondary N) is 3. The molecule has 38 heavy (non-hydrogen) atoms. The molecule has 1 fully saturated rings. The average Bonchev–Trinajstić information content (AvgIpc) is 3.24. The monoisotopic (exact) mass is 511 g/mol. The van der Waals surface area contributed by atoms with Crippen molar-refractivity contribution in [3.8, 4) is 11.1 Å². The smallest absolute Gasteiger partial charge is 0.253 e. The largest absolute Gasteiger partial charge is 0.369 e. The van der Waals surface area contributed by atoms with E-state index in [0.29, 0.717) is 11.1 Å². The van der Waals surface area contributed by atoms with Gasteiger partial charge in [-0.1, -0.05) is 12.1 Å². The molecule has 3 heterocycles. The van der Waals surface area contributed by atoms with Gasteiger partial charge in [0.15, 0.2) is 0 Å². The lowest BCUT2D eigenvalue weighted by Crippen LogP contribution is -2.43. The second kappa shape index (κ2) is 10.5. The SMILES string of the molecule is Cc1cc(C)c(CNC(=O)c2cc(-c3ccc(N4CCNCC4)cc3)cc3c2c(C)cn3C(C)C)c(=O)[nH]1. The normalized spacial score (nSPS) is 13.9. The maximum absolute atomic E-state index is 13.7. The van der Waals surface area contributed by atoms with Gasteiger partial charge in [-0.05, 0) is 87.2 Å². The number of anilines is 1. The first-order chi connectivity index (χ1) is 18.2. The van der Waals surface area contributed by atoms with Gasteiger partial charge in [-0.3, -0.25) is 9.59 Å². The molecule has 2 aromatic heterocycles. The topological polar surface area (TPSA) is 82.2 Å². The van der Waals surface area contributed by atoms with Gasteiger partial charge in [0.1, 0.15) is 0 Å². The molecule has 1 aliphatic rings. The van der Waals surface area contributed by atoms with Crippen molar-refractivity contribution in [1.82, 2.24) is 20.2 Å². The minimum atomic E-state index is -0.182. The molecule has 4 aromatic rings. The summed E-state index contributed by atoms with van der Waals surface area (Å²) in [6.45, 7) is 14.3. The van der Waals surface area contributed by atoms with Crippen LogP contribution in [0.15, 0.2) is 53.5 Å². The number of hydrogen-bond acceptors (Lipinski definition) is 4.